The highest BCUT2D eigenvalue weighted by Crippen LogP contribution is 2.40. The molecule has 1 amide bonds. The van der Waals surface area contributed by atoms with Crippen molar-refractivity contribution in [2.24, 2.45) is 0 Å². The molecule has 0 bridgehead atoms. The van der Waals surface area contributed by atoms with Crippen LogP contribution in [0.15, 0.2) is 36.5 Å². The van der Waals surface area contributed by atoms with E-state index in [0.717, 1.165) is 0 Å². The maximum Gasteiger partial charge on any atom is 0.404 e. The smallest absolute Gasteiger partial charge is 0.325 e. The van der Waals surface area contributed by atoms with Gasteiger partial charge in [0.1, 0.15) is 11.2 Å². The number of aromatic nitrogens is 1. The topological polar surface area (TPSA) is 97.2 Å². The summed E-state index contributed by atoms with van der Waals surface area (Å²) in [6.45, 7) is 1.46. The van der Waals surface area contributed by atoms with E-state index >= 15 is 0 Å². The van der Waals surface area contributed by atoms with Crippen molar-refractivity contribution in [3.63, 3.8) is 0 Å². The van der Waals surface area contributed by atoms with Crippen molar-refractivity contribution in [3.8, 4) is 0 Å². The van der Waals surface area contributed by atoms with E-state index in [-0.39, 0.29) is 28.4 Å². The fourth-order valence-electron chi connectivity index (χ4n) is 3.45. The molecule has 1 aromatic heterocycles. The first-order valence-electron chi connectivity index (χ1n) is 8.56. The number of nitrogens with zero attached hydrogens (tertiary/aromatic N) is 2. The number of halogens is 4. The number of hydrogen-bond acceptors (Lipinski definition) is 5. The van der Waals surface area contributed by atoms with Gasteiger partial charge in [-0.2, -0.15) is 13.2 Å². The van der Waals surface area contributed by atoms with Crippen molar-refractivity contribution in [2.45, 2.75) is 37.5 Å². The number of carbonyl (C=O) groups is 1. The number of alkyl halides is 3. The van der Waals surface area contributed by atoms with Gasteiger partial charge in [-0.05, 0) is 37.1 Å². The van der Waals surface area contributed by atoms with Crippen molar-refractivity contribution < 1.29 is 22.9 Å². The second-order valence-electron chi connectivity index (χ2n) is 6.74. The van der Waals surface area contributed by atoms with Crippen LogP contribution in [0.5, 0.6) is 0 Å². The summed E-state index contributed by atoms with van der Waals surface area (Å²) in [5, 5.41) is 16.0. The van der Waals surface area contributed by atoms with E-state index < -0.39 is 35.0 Å². The van der Waals surface area contributed by atoms with Crippen LogP contribution >= 0.6 is 11.6 Å². The molecule has 2 aromatic rings. The third kappa shape index (κ3) is 4.65. The van der Waals surface area contributed by atoms with Crippen LogP contribution in [0.4, 0.5) is 24.5 Å². The van der Waals surface area contributed by atoms with Gasteiger partial charge in [0, 0.05) is 29.4 Å². The Bertz CT molecular complexity index is 954. The van der Waals surface area contributed by atoms with Gasteiger partial charge in [0.05, 0.1) is 11.0 Å². The number of rotatable bonds is 4. The summed E-state index contributed by atoms with van der Waals surface area (Å²) in [6, 6.07) is 3.65. The number of amides is 1. The van der Waals surface area contributed by atoms with Crippen LogP contribution in [0.25, 0.3) is 0 Å². The van der Waals surface area contributed by atoms with E-state index in [1.807, 2.05) is 0 Å². The zero-order chi connectivity index (χ0) is 21.3. The fourth-order valence-corrected chi connectivity index (χ4v) is 3.62. The summed E-state index contributed by atoms with van der Waals surface area (Å²) in [6.07, 6.45) is -3.36. The predicted octanol–water partition coefficient (Wildman–Crippen LogP) is 3.97. The first-order valence-corrected chi connectivity index (χ1v) is 8.94. The summed E-state index contributed by atoms with van der Waals surface area (Å²) >= 11 is 5.75. The second-order valence-corrected chi connectivity index (χ2v) is 7.13. The maximum atomic E-state index is 13.6. The SMILES string of the molecule is Cc1cc(C2CC(C(=O)Nc3ccnc(Cl)c3)NC2C(F)(F)F)ccc1[N+](=O)[O-]. The Morgan fingerprint density at radius 2 is 2.07 bits per heavy atom. The zero-order valence-corrected chi connectivity index (χ0v) is 15.8. The van der Waals surface area contributed by atoms with Gasteiger partial charge in [0.25, 0.3) is 5.69 Å². The molecule has 154 valence electrons. The molecule has 0 radical (unpaired) electrons. The number of benzene rings is 1. The van der Waals surface area contributed by atoms with Crippen LogP contribution in [0.1, 0.15) is 23.5 Å². The average molecular weight is 429 g/mol. The number of carbonyl (C=O) groups excluding carboxylic acids is 1. The van der Waals surface area contributed by atoms with Crippen LogP contribution in [-0.2, 0) is 4.79 Å². The summed E-state index contributed by atoms with van der Waals surface area (Å²) in [5.41, 5.74) is 0.681. The Hall–Kier alpha value is -2.72. The molecule has 3 atom stereocenters. The minimum atomic E-state index is -4.60. The van der Waals surface area contributed by atoms with E-state index in [0.29, 0.717) is 5.69 Å². The van der Waals surface area contributed by atoms with Crippen molar-refractivity contribution >= 4 is 28.9 Å². The van der Waals surface area contributed by atoms with Gasteiger partial charge in [-0.3, -0.25) is 20.2 Å². The van der Waals surface area contributed by atoms with Crippen molar-refractivity contribution in [2.75, 3.05) is 5.32 Å². The van der Waals surface area contributed by atoms with Crippen molar-refractivity contribution in [1.82, 2.24) is 10.3 Å². The van der Waals surface area contributed by atoms with Crippen molar-refractivity contribution in [3.05, 3.63) is 62.9 Å². The lowest BCUT2D eigenvalue weighted by Crippen LogP contribution is -2.46. The molecule has 2 heterocycles. The number of hydrogen-bond donors (Lipinski definition) is 2. The van der Waals surface area contributed by atoms with Crippen LogP contribution in [-0.4, -0.2) is 34.1 Å². The first kappa shape index (κ1) is 21.0. The zero-order valence-electron chi connectivity index (χ0n) is 15.0. The molecule has 7 nitrogen and oxygen atoms in total. The Morgan fingerprint density at radius 1 is 1.34 bits per heavy atom. The molecule has 2 N–H and O–H groups in total. The number of nitro groups is 1. The van der Waals surface area contributed by atoms with Gasteiger partial charge >= 0.3 is 6.18 Å². The highest BCUT2D eigenvalue weighted by atomic mass is 35.5. The normalized spacial score (nSPS) is 21.8. The minimum Gasteiger partial charge on any atom is -0.325 e. The number of nitrogens with one attached hydrogen (secondary N) is 2. The molecule has 1 aromatic carbocycles. The van der Waals surface area contributed by atoms with Gasteiger partial charge in [-0.25, -0.2) is 4.98 Å². The summed E-state index contributed by atoms with van der Waals surface area (Å²) < 4.78 is 40.8. The number of anilines is 1. The van der Waals surface area contributed by atoms with E-state index in [4.69, 9.17) is 11.6 Å². The lowest BCUT2D eigenvalue weighted by molar-refractivity contribution is -0.385. The molecular formula is C18H16ClF3N4O3. The molecule has 0 saturated carbocycles. The van der Waals surface area contributed by atoms with Gasteiger partial charge in [0.2, 0.25) is 5.91 Å². The Labute approximate surface area is 168 Å². The molecule has 11 heteroatoms. The number of pyridine rings is 1. The summed E-state index contributed by atoms with van der Waals surface area (Å²) in [4.78, 5) is 26.6. The molecule has 1 saturated heterocycles. The van der Waals surface area contributed by atoms with Gasteiger partial charge in [-0.15, -0.1) is 0 Å². The molecule has 29 heavy (non-hydrogen) atoms. The third-order valence-corrected chi connectivity index (χ3v) is 4.99. The number of aryl methyl sites for hydroxylation is 1. The fraction of sp³-hybridized carbons (Fsp3) is 0.333. The lowest BCUT2D eigenvalue weighted by Gasteiger charge is -2.22. The molecule has 0 spiro atoms. The number of nitro benzene ring substituents is 1. The molecule has 1 aliphatic rings. The van der Waals surface area contributed by atoms with E-state index in [2.05, 4.69) is 15.6 Å². The van der Waals surface area contributed by atoms with Gasteiger partial charge in [0.15, 0.2) is 0 Å². The summed E-state index contributed by atoms with van der Waals surface area (Å²) in [7, 11) is 0. The van der Waals surface area contributed by atoms with Crippen LogP contribution < -0.4 is 10.6 Å². The molecule has 1 fully saturated rings. The predicted molar refractivity (Wildman–Crippen MR) is 99.8 cm³/mol. The lowest BCUT2D eigenvalue weighted by atomic mass is 9.89. The van der Waals surface area contributed by atoms with E-state index in [1.54, 1.807) is 0 Å². The monoisotopic (exact) mass is 428 g/mol. The van der Waals surface area contributed by atoms with E-state index in [1.165, 1.54) is 43.5 Å². The second kappa shape index (κ2) is 7.96. The van der Waals surface area contributed by atoms with Crippen LogP contribution in [0.3, 0.4) is 0 Å². The highest BCUT2D eigenvalue weighted by molar-refractivity contribution is 6.29. The minimum absolute atomic E-state index is 0.119. The molecule has 1 aliphatic heterocycles. The third-order valence-electron chi connectivity index (χ3n) is 4.78. The van der Waals surface area contributed by atoms with Gasteiger partial charge in [-0.1, -0.05) is 17.7 Å². The molecule has 0 aliphatic carbocycles. The van der Waals surface area contributed by atoms with Crippen molar-refractivity contribution in [1.29, 1.82) is 0 Å². The van der Waals surface area contributed by atoms with Crippen LogP contribution in [0, 0.1) is 17.0 Å². The van der Waals surface area contributed by atoms with E-state index in [9.17, 15) is 28.1 Å². The molecule has 3 rings (SSSR count). The maximum absolute atomic E-state index is 13.6. The molecular weight excluding hydrogens is 413 g/mol. The highest BCUT2D eigenvalue weighted by Gasteiger charge is 2.52. The molecule has 3 unspecified atom stereocenters. The quantitative estimate of drug-likeness (QED) is 0.436. The largest absolute Gasteiger partial charge is 0.404 e. The average Bonchev–Trinajstić information content (AvgIpc) is 3.07. The standard InChI is InChI=1S/C18H16ClF3N4O3/c1-9-6-10(2-3-14(9)26(28)29)12-8-13(25-16(12)18(20,21)22)17(27)24-11-4-5-23-15(19)7-11/h2-7,12-13,16,25H,8H2,1H3,(H,23,24,27). The Kier molecular flexibility index (Phi) is 5.76. The Morgan fingerprint density at radius 3 is 2.66 bits per heavy atom. The Balaban J connectivity index is 1.84. The first-order chi connectivity index (χ1) is 13.6. The van der Waals surface area contributed by atoms with Crippen LogP contribution in [0.2, 0.25) is 5.15 Å². The van der Waals surface area contributed by atoms with Gasteiger partial charge < -0.3 is 5.32 Å². The summed E-state index contributed by atoms with van der Waals surface area (Å²) in [5.74, 6) is -1.70.